The number of nitrogens with one attached hydrogen (secondary N) is 1. The molecule has 0 unspecified atom stereocenters. The number of anilines is 2. The van der Waals surface area contributed by atoms with Gasteiger partial charge in [0.15, 0.2) is 5.82 Å². The summed E-state index contributed by atoms with van der Waals surface area (Å²) in [4.78, 5) is 25.0. The second-order valence-corrected chi connectivity index (χ2v) is 12.7. The molecular formula is C29H34N8O2S. The summed E-state index contributed by atoms with van der Waals surface area (Å²) < 4.78 is 28.0. The zero-order chi connectivity index (χ0) is 28.3. The van der Waals surface area contributed by atoms with Crippen LogP contribution in [0.15, 0.2) is 71.9 Å². The van der Waals surface area contributed by atoms with Crippen molar-refractivity contribution in [2.45, 2.75) is 44.6 Å². The van der Waals surface area contributed by atoms with Crippen LogP contribution in [0, 0.1) is 6.92 Å². The Morgan fingerprint density at radius 3 is 2.17 bits per heavy atom. The summed E-state index contributed by atoms with van der Waals surface area (Å²) in [6.45, 7) is 10.8. The summed E-state index contributed by atoms with van der Waals surface area (Å²) in [5, 5.41) is 3.21. The first-order valence-corrected chi connectivity index (χ1v) is 14.7. The largest absolute Gasteiger partial charge is 0.325 e. The Hall–Kier alpha value is -3.80. The average Bonchev–Trinajstić information content (AvgIpc) is 2.93. The Labute approximate surface area is 235 Å². The zero-order valence-corrected chi connectivity index (χ0v) is 24.1. The van der Waals surface area contributed by atoms with Crippen LogP contribution in [-0.2, 0) is 16.4 Å². The molecule has 1 N–H and O–H groups in total. The van der Waals surface area contributed by atoms with E-state index in [9.17, 15) is 8.42 Å². The fourth-order valence-electron chi connectivity index (χ4n) is 4.61. The van der Waals surface area contributed by atoms with E-state index in [1.165, 1.54) is 0 Å². The SMILES string of the molecule is Cc1cccc(-c2nccc(Nc3ccnc(Cc4ccc(S(=O)(=O)N5CCN(C(C)(C)C)CC5)cc4)n3)n2)n1. The monoisotopic (exact) mass is 558 g/mol. The first-order valence-electron chi connectivity index (χ1n) is 13.3. The number of sulfonamides is 1. The van der Waals surface area contributed by atoms with Crippen molar-refractivity contribution in [1.82, 2.24) is 34.1 Å². The Balaban J connectivity index is 1.24. The van der Waals surface area contributed by atoms with Crippen LogP contribution in [0.3, 0.4) is 0 Å². The molecule has 0 amide bonds. The maximum absolute atomic E-state index is 13.2. The molecular weight excluding hydrogens is 524 g/mol. The van der Waals surface area contributed by atoms with Crippen LogP contribution in [0.5, 0.6) is 0 Å². The molecule has 10 nitrogen and oxygen atoms in total. The van der Waals surface area contributed by atoms with E-state index in [-0.39, 0.29) is 5.54 Å². The van der Waals surface area contributed by atoms with Gasteiger partial charge in [-0.05, 0) is 69.7 Å². The molecule has 0 spiro atoms. The number of benzene rings is 1. The normalized spacial score (nSPS) is 15.2. The first kappa shape index (κ1) is 27.8. The lowest BCUT2D eigenvalue weighted by Crippen LogP contribution is -2.54. The zero-order valence-electron chi connectivity index (χ0n) is 23.2. The standard InChI is InChI=1S/C29H34N8O2S/c1-21-6-5-7-24(32-21)28-31-15-13-26(35-28)33-25-12-14-30-27(34-25)20-22-8-10-23(11-9-22)40(38,39)37-18-16-36(17-19-37)29(2,3)4/h5-15H,16-20H2,1-4H3,(H,30,31,33,34,35). The molecule has 1 saturated heterocycles. The van der Waals surface area contributed by atoms with E-state index in [0.717, 1.165) is 24.3 Å². The second-order valence-electron chi connectivity index (χ2n) is 10.8. The molecule has 1 aromatic carbocycles. The van der Waals surface area contributed by atoms with Gasteiger partial charge in [0.2, 0.25) is 10.0 Å². The molecule has 208 valence electrons. The van der Waals surface area contributed by atoms with E-state index >= 15 is 0 Å². The van der Waals surface area contributed by atoms with E-state index in [1.54, 1.807) is 41.0 Å². The minimum Gasteiger partial charge on any atom is -0.325 e. The number of aromatic nitrogens is 5. The van der Waals surface area contributed by atoms with Crippen LogP contribution in [0.25, 0.3) is 11.5 Å². The number of piperazine rings is 1. The summed E-state index contributed by atoms with van der Waals surface area (Å²) in [5.74, 6) is 2.32. The Kier molecular flexibility index (Phi) is 7.88. The summed E-state index contributed by atoms with van der Waals surface area (Å²) in [7, 11) is -3.54. The van der Waals surface area contributed by atoms with E-state index in [1.807, 2.05) is 37.3 Å². The highest BCUT2D eigenvalue weighted by Crippen LogP contribution is 2.23. The molecule has 11 heteroatoms. The maximum Gasteiger partial charge on any atom is 0.243 e. The molecule has 5 rings (SSSR count). The van der Waals surface area contributed by atoms with Crippen molar-refractivity contribution < 1.29 is 8.42 Å². The van der Waals surface area contributed by atoms with Gasteiger partial charge in [-0.15, -0.1) is 0 Å². The third kappa shape index (κ3) is 6.49. The minimum absolute atomic E-state index is 0.0307. The molecule has 0 radical (unpaired) electrons. The number of rotatable bonds is 7. The van der Waals surface area contributed by atoms with Gasteiger partial charge in [0, 0.05) is 56.2 Å². The van der Waals surface area contributed by atoms with Crippen LogP contribution < -0.4 is 5.32 Å². The molecule has 1 aliphatic heterocycles. The Bertz CT molecular complexity index is 1580. The van der Waals surface area contributed by atoms with Crippen LogP contribution in [-0.4, -0.2) is 74.3 Å². The quantitative estimate of drug-likeness (QED) is 0.358. The van der Waals surface area contributed by atoms with E-state index in [0.29, 0.717) is 53.4 Å². The molecule has 0 bridgehead atoms. The fourth-order valence-corrected chi connectivity index (χ4v) is 6.04. The second kappa shape index (κ2) is 11.4. The summed E-state index contributed by atoms with van der Waals surface area (Å²) in [5.41, 5.74) is 2.54. The topological polar surface area (TPSA) is 117 Å². The van der Waals surface area contributed by atoms with Crippen molar-refractivity contribution in [3.05, 3.63) is 84.1 Å². The van der Waals surface area contributed by atoms with Gasteiger partial charge < -0.3 is 5.32 Å². The number of aryl methyl sites for hydroxylation is 1. The van der Waals surface area contributed by atoms with E-state index < -0.39 is 10.0 Å². The summed E-state index contributed by atoms with van der Waals surface area (Å²) in [6.07, 6.45) is 3.82. The van der Waals surface area contributed by atoms with Gasteiger partial charge in [-0.2, -0.15) is 4.31 Å². The van der Waals surface area contributed by atoms with Gasteiger partial charge in [0.05, 0.1) is 4.90 Å². The van der Waals surface area contributed by atoms with Crippen molar-refractivity contribution in [2.75, 3.05) is 31.5 Å². The third-order valence-corrected chi connectivity index (χ3v) is 8.76. The summed E-state index contributed by atoms with van der Waals surface area (Å²) >= 11 is 0. The number of pyridine rings is 1. The molecule has 1 fully saturated rings. The third-order valence-electron chi connectivity index (χ3n) is 6.85. The minimum atomic E-state index is -3.54. The van der Waals surface area contributed by atoms with Gasteiger partial charge in [-0.25, -0.2) is 33.3 Å². The van der Waals surface area contributed by atoms with Crippen LogP contribution in [0.4, 0.5) is 11.6 Å². The molecule has 0 atom stereocenters. The van der Waals surface area contributed by atoms with Gasteiger partial charge in [-0.1, -0.05) is 18.2 Å². The van der Waals surface area contributed by atoms with Gasteiger partial charge in [0.25, 0.3) is 0 Å². The molecule has 4 heterocycles. The molecule has 0 aliphatic carbocycles. The van der Waals surface area contributed by atoms with Gasteiger partial charge in [-0.3, -0.25) is 4.90 Å². The number of nitrogens with zero attached hydrogens (tertiary/aromatic N) is 7. The fraction of sp³-hybridized carbons (Fsp3) is 0.345. The van der Waals surface area contributed by atoms with Crippen LogP contribution in [0.2, 0.25) is 0 Å². The number of hydrogen-bond acceptors (Lipinski definition) is 9. The maximum atomic E-state index is 13.2. The first-order chi connectivity index (χ1) is 19.1. The lowest BCUT2D eigenvalue weighted by atomic mass is 10.1. The van der Waals surface area contributed by atoms with Crippen LogP contribution in [0.1, 0.15) is 37.9 Å². The smallest absolute Gasteiger partial charge is 0.243 e. The molecule has 4 aromatic rings. The molecule has 3 aromatic heterocycles. The van der Waals surface area contributed by atoms with Crippen molar-refractivity contribution in [3.63, 3.8) is 0 Å². The Morgan fingerprint density at radius 2 is 1.50 bits per heavy atom. The predicted octanol–water partition coefficient (Wildman–Crippen LogP) is 4.08. The van der Waals surface area contributed by atoms with Crippen LogP contribution >= 0.6 is 0 Å². The highest BCUT2D eigenvalue weighted by Gasteiger charge is 2.32. The van der Waals surface area contributed by atoms with Gasteiger partial charge in [0.1, 0.15) is 23.2 Å². The highest BCUT2D eigenvalue weighted by molar-refractivity contribution is 7.89. The predicted molar refractivity (Wildman–Crippen MR) is 155 cm³/mol. The van der Waals surface area contributed by atoms with Gasteiger partial charge >= 0.3 is 0 Å². The highest BCUT2D eigenvalue weighted by atomic mass is 32.2. The lowest BCUT2D eigenvalue weighted by Gasteiger charge is -2.41. The van der Waals surface area contributed by atoms with Crippen molar-refractivity contribution in [2.24, 2.45) is 0 Å². The van der Waals surface area contributed by atoms with E-state index in [2.05, 4.69) is 55.9 Å². The van der Waals surface area contributed by atoms with Crippen molar-refractivity contribution in [1.29, 1.82) is 0 Å². The average molecular weight is 559 g/mol. The molecule has 0 saturated carbocycles. The Morgan fingerprint density at radius 1 is 0.825 bits per heavy atom. The molecule has 1 aliphatic rings. The number of hydrogen-bond donors (Lipinski definition) is 1. The lowest BCUT2D eigenvalue weighted by molar-refractivity contribution is 0.0922. The molecule has 40 heavy (non-hydrogen) atoms. The van der Waals surface area contributed by atoms with Crippen molar-refractivity contribution in [3.8, 4) is 11.5 Å². The van der Waals surface area contributed by atoms with Crippen molar-refractivity contribution >= 4 is 21.7 Å². The summed E-state index contributed by atoms with van der Waals surface area (Å²) in [6, 6.07) is 16.3. The van der Waals surface area contributed by atoms with E-state index in [4.69, 9.17) is 0 Å².